The predicted molar refractivity (Wildman–Crippen MR) is 75.6 cm³/mol. The lowest BCUT2D eigenvalue weighted by molar-refractivity contribution is 0.0987. The fourth-order valence-corrected chi connectivity index (χ4v) is 2.83. The van der Waals surface area contributed by atoms with Crippen LogP contribution in [0.5, 0.6) is 5.75 Å². The van der Waals surface area contributed by atoms with E-state index < -0.39 is 5.82 Å². The van der Waals surface area contributed by atoms with Gasteiger partial charge in [-0.2, -0.15) is 0 Å². The largest absolute Gasteiger partial charge is 0.493 e. The van der Waals surface area contributed by atoms with Crippen LogP contribution in [0, 0.1) is 5.82 Å². The summed E-state index contributed by atoms with van der Waals surface area (Å²) >= 11 is 3.44. The number of ether oxygens (including phenoxy) is 1. The van der Waals surface area contributed by atoms with E-state index in [1.165, 1.54) is 12.1 Å². The summed E-state index contributed by atoms with van der Waals surface area (Å²) in [6.45, 7) is 0.641. The van der Waals surface area contributed by atoms with Crippen molar-refractivity contribution in [3.8, 4) is 5.75 Å². The van der Waals surface area contributed by atoms with Crippen LogP contribution in [-0.4, -0.2) is 17.4 Å². The number of pyridine rings is 1. The zero-order valence-electron chi connectivity index (χ0n) is 10.5. The van der Waals surface area contributed by atoms with Crippen molar-refractivity contribution in [1.82, 2.24) is 4.98 Å². The standard InChI is InChI=1S/C15H11BrFNO2/c16-11-5-9-3-4-20-15(9)10(6-11)7-14(19)13-2-1-12(17)8-18-13/h1-2,5-6,8H,3-4,7H2. The molecule has 5 heteroatoms. The zero-order valence-corrected chi connectivity index (χ0v) is 12.1. The number of carbonyl (C=O) groups excluding carboxylic acids is 1. The van der Waals surface area contributed by atoms with Crippen LogP contribution in [0.4, 0.5) is 4.39 Å². The summed E-state index contributed by atoms with van der Waals surface area (Å²) < 4.78 is 19.3. The fraction of sp³-hybridized carbons (Fsp3) is 0.200. The Kier molecular flexibility index (Phi) is 3.53. The van der Waals surface area contributed by atoms with Gasteiger partial charge in [-0.3, -0.25) is 9.78 Å². The summed E-state index contributed by atoms with van der Waals surface area (Å²) in [4.78, 5) is 16.0. The molecule has 0 aliphatic carbocycles. The first-order chi connectivity index (χ1) is 9.63. The second-order valence-corrected chi connectivity index (χ2v) is 5.53. The quantitative estimate of drug-likeness (QED) is 0.807. The third-order valence-electron chi connectivity index (χ3n) is 3.19. The molecular formula is C15H11BrFNO2. The van der Waals surface area contributed by atoms with Gasteiger partial charge in [-0.15, -0.1) is 0 Å². The molecule has 0 fully saturated rings. The average Bonchev–Trinajstić information content (AvgIpc) is 2.87. The Morgan fingerprint density at radius 2 is 2.25 bits per heavy atom. The Morgan fingerprint density at radius 3 is 3.00 bits per heavy atom. The van der Waals surface area contributed by atoms with Gasteiger partial charge in [0.15, 0.2) is 5.78 Å². The van der Waals surface area contributed by atoms with E-state index in [0.29, 0.717) is 6.61 Å². The summed E-state index contributed by atoms with van der Waals surface area (Å²) in [5.74, 6) is 0.192. The molecule has 0 atom stereocenters. The number of hydrogen-bond donors (Lipinski definition) is 0. The van der Waals surface area contributed by atoms with Crippen molar-refractivity contribution in [2.45, 2.75) is 12.8 Å². The summed E-state index contributed by atoms with van der Waals surface area (Å²) in [6, 6.07) is 6.52. The van der Waals surface area contributed by atoms with Gasteiger partial charge in [0, 0.05) is 22.9 Å². The maximum absolute atomic E-state index is 12.8. The Hall–Kier alpha value is -1.75. The molecule has 1 aromatic heterocycles. The predicted octanol–water partition coefficient (Wildman–Crippen LogP) is 3.34. The van der Waals surface area contributed by atoms with Gasteiger partial charge >= 0.3 is 0 Å². The van der Waals surface area contributed by atoms with Crippen LogP contribution in [-0.2, 0) is 12.8 Å². The van der Waals surface area contributed by atoms with Gasteiger partial charge in [0.2, 0.25) is 0 Å². The lowest BCUT2D eigenvalue weighted by atomic mass is 10.0. The molecule has 0 unspecified atom stereocenters. The maximum atomic E-state index is 12.8. The molecule has 0 saturated heterocycles. The van der Waals surface area contributed by atoms with Crippen LogP contribution < -0.4 is 4.74 Å². The second-order valence-electron chi connectivity index (χ2n) is 4.61. The van der Waals surface area contributed by atoms with Gasteiger partial charge in [0.05, 0.1) is 12.8 Å². The third-order valence-corrected chi connectivity index (χ3v) is 3.65. The summed E-state index contributed by atoms with van der Waals surface area (Å²) in [5.41, 5.74) is 2.20. The number of fused-ring (bicyclic) bond motifs is 1. The third kappa shape index (κ3) is 2.58. The van der Waals surface area contributed by atoms with E-state index in [1.807, 2.05) is 12.1 Å². The molecule has 1 aromatic carbocycles. The van der Waals surface area contributed by atoms with Crippen molar-refractivity contribution >= 4 is 21.7 Å². The van der Waals surface area contributed by atoms with E-state index in [1.54, 1.807) is 0 Å². The van der Waals surface area contributed by atoms with Gasteiger partial charge < -0.3 is 4.74 Å². The van der Waals surface area contributed by atoms with Crippen LogP contribution >= 0.6 is 15.9 Å². The van der Waals surface area contributed by atoms with Crippen molar-refractivity contribution in [3.63, 3.8) is 0 Å². The number of Topliss-reactive ketones (excluding diaryl/α,β-unsaturated/α-hetero) is 1. The van der Waals surface area contributed by atoms with E-state index in [9.17, 15) is 9.18 Å². The second kappa shape index (κ2) is 5.32. The number of hydrogen-bond acceptors (Lipinski definition) is 3. The van der Waals surface area contributed by atoms with Crippen LogP contribution in [0.3, 0.4) is 0 Å². The molecule has 0 saturated carbocycles. The number of aromatic nitrogens is 1. The number of halogens is 2. The molecule has 3 rings (SSSR count). The minimum absolute atomic E-state index is 0.152. The minimum Gasteiger partial charge on any atom is -0.493 e. The van der Waals surface area contributed by atoms with Gasteiger partial charge in [-0.25, -0.2) is 4.39 Å². The van der Waals surface area contributed by atoms with E-state index in [0.717, 1.165) is 34.0 Å². The Morgan fingerprint density at radius 1 is 1.40 bits per heavy atom. The van der Waals surface area contributed by atoms with Gasteiger partial charge in [-0.05, 0) is 29.8 Å². The van der Waals surface area contributed by atoms with Crippen LogP contribution in [0.15, 0.2) is 34.9 Å². The molecule has 1 aliphatic heterocycles. The topological polar surface area (TPSA) is 39.2 Å². The van der Waals surface area contributed by atoms with E-state index in [-0.39, 0.29) is 17.9 Å². The molecule has 2 aromatic rings. The number of nitrogens with zero attached hydrogens (tertiary/aromatic N) is 1. The molecule has 0 N–H and O–H groups in total. The van der Waals surface area contributed by atoms with Gasteiger partial charge in [-0.1, -0.05) is 15.9 Å². The van der Waals surface area contributed by atoms with Gasteiger partial charge in [0.1, 0.15) is 17.3 Å². The number of carbonyl (C=O) groups is 1. The zero-order chi connectivity index (χ0) is 14.1. The molecule has 0 radical (unpaired) electrons. The molecule has 20 heavy (non-hydrogen) atoms. The number of benzene rings is 1. The van der Waals surface area contributed by atoms with Crippen LogP contribution in [0.2, 0.25) is 0 Å². The molecule has 102 valence electrons. The van der Waals surface area contributed by atoms with Crippen molar-refractivity contribution in [2.75, 3.05) is 6.61 Å². The molecule has 0 amide bonds. The van der Waals surface area contributed by atoms with E-state index in [4.69, 9.17) is 4.74 Å². The normalized spacial score (nSPS) is 12.9. The Labute approximate surface area is 123 Å². The van der Waals surface area contributed by atoms with Crippen molar-refractivity contribution in [1.29, 1.82) is 0 Å². The minimum atomic E-state index is -0.451. The monoisotopic (exact) mass is 335 g/mol. The van der Waals surface area contributed by atoms with Crippen molar-refractivity contribution in [3.05, 3.63) is 57.6 Å². The highest BCUT2D eigenvalue weighted by molar-refractivity contribution is 9.10. The maximum Gasteiger partial charge on any atom is 0.185 e. The fourth-order valence-electron chi connectivity index (χ4n) is 2.28. The molecule has 1 aliphatic rings. The van der Waals surface area contributed by atoms with Crippen molar-refractivity contribution in [2.24, 2.45) is 0 Å². The molecule has 3 nitrogen and oxygen atoms in total. The highest BCUT2D eigenvalue weighted by Crippen LogP contribution is 2.33. The summed E-state index contributed by atoms with van der Waals surface area (Å²) in [7, 11) is 0. The molecular weight excluding hydrogens is 325 g/mol. The van der Waals surface area contributed by atoms with Crippen LogP contribution in [0.25, 0.3) is 0 Å². The Bertz CT molecular complexity index is 670. The number of ketones is 1. The van der Waals surface area contributed by atoms with Crippen LogP contribution in [0.1, 0.15) is 21.6 Å². The van der Waals surface area contributed by atoms with E-state index >= 15 is 0 Å². The lowest BCUT2D eigenvalue weighted by Crippen LogP contribution is -2.07. The Balaban J connectivity index is 1.88. The number of rotatable bonds is 3. The summed E-state index contributed by atoms with van der Waals surface area (Å²) in [6.07, 6.45) is 2.10. The van der Waals surface area contributed by atoms with Crippen molar-refractivity contribution < 1.29 is 13.9 Å². The smallest absolute Gasteiger partial charge is 0.185 e. The lowest BCUT2D eigenvalue weighted by Gasteiger charge is -2.08. The first-order valence-corrected chi connectivity index (χ1v) is 7.01. The summed E-state index contributed by atoms with van der Waals surface area (Å²) in [5, 5.41) is 0. The van der Waals surface area contributed by atoms with E-state index in [2.05, 4.69) is 20.9 Å². The average molecular weight is 336 g/mol. The first kappa shape index (κ1) is 13.2. The van der Waals surface area contributed by atoms with Gasteiger partial charge in [0.25, 0.3) is 0 Å². The molecule has 0 spiro atoms. The highest BCUT2D eigenvalue weighted by atomic mass is 79.9. The highest BCUT2D eigenvalue weighted by Gasteiger charge is 2.20. The molecule has 0 bridgehead atoms. The SMILES string of the molecule is O=C(Cc1cc(Br)cc2c1OCC2)c1ccc(F)cn1. The first-order valence-electron chi connectivity index (χ1n) is 6.22. The molecule has 2 heterocycles.